The van der Waals surface area contributed by atoms with Crippen LogP contribution in [0, 0.1) is 5.82 Å². The number of nitrogens with zero attached hydrogens (tertiary/aromatic N) is 4. The zero-order chi connectivity index (χ0) is 27.3. The summed E-state index contributed by atoms with van der Waals surface area (Å²) in [6.07, 6.45) is 5.82. The van der Waals surface area contributed by atoms with Gasteiger partial charge in [-0.1, -0.05) is 36.4 Å². The highest BCUT2D eigenvalue weighted by Crippen LogP contribution is 2.39. The first-order chi connectivity index (χ1) is 18.8. The number of hydrogen-bond acceptors (Lipinski definition) is 7. The number of aromatic nitrogens is 4. The van der Waals surface area contributed by atoms with Gasteiger partial charge < -0.3 is 14.9 Å². The van der Waals surface area contributed by atoms with Crippen molar-refractivity contribution in [1.29, 1.82) is 0 Å². The number of para-hydroxylation sites is 1. The molecule has 0 bridgehead atoms. The summed E-state index contributed by atoms with van der Waals surface area (Å²) in [7, 11) is 1.29. The van der Waals surface area contributed by atoms with Crippen LogP contribution in [0.15, 0.2) is 82.3 Å². The number of fused-ring (bicyclic) bond motifs is 2. The predicted molar refractivity (Wildman–Crippen MR) is 144 cm³/mol. The fraction of sp³-hybridized carbons (Fsp3) is 0.172. The number of benzene rings is 2. The number of hydrogen-bond donors (Lipinski definition) is 1. The van der Waals surface area contributed by atoms with Crippen LogP contribution in [0.4, 0.5) is 14.6 Å². The standard InChI is InChI=1S/C29H23F2N5O3/c1-16(26-22(17-7-5-9-19(30)13-17)25(37)20-10-3-4-11-21(20)39-26)36-28-23(27(32)33-15-34-28)24(35-36)18-8-6-12-29(31,14-18)38-2/h3-13,15-16H,14H2,1-2H3,(H2,32,33,34). The molecular weight excluding hydrogens is 504 g/mol. The molecule has 3 heterocycles. The average molecular weight is 528 g/mol. The van der Waals surface area contributed by atoms with Gasteiger partial charge in [0.2, 0.25) is 11.3 Å². The lowest BCUT2D eigenvalue weighted by Gasteiger charge is -2.23. The number of alkyl halides is 1. The van der Waals surface area contributed by atoms with E-state index in [2.05, 4.69) is 9.97 Å². The lowest BCUT2D eigenvalue weighted by Crippen LogP contribution is -2.24. The number of nitrogen functional groups attached to an aromatic ring is 1. The molecule has 3 aromatic heterocycles. The van der Waals surface area contributed by atoms with Gasteiger partial charge in [-0.3, -0.25) is 4.79 Å². The Kier molecular flexibility index (Phi) is 5.84. The maximum atomic E-state index is 15.1. The minimum absolute atomic E-state index is 0.103. The molecule has 10 heteroatoms. The molecule has 5 aromatic rings. The topological polar surface area (TPSA) is 109 Å². The normalized spacial score (nSPS) is 18.0. The van der Waals surface area contributed by atoms with Gasteiger partial charge in [0.1, 0.15) is 41.0 Å². The molecule has 2 aromatic carbocycles. The zero-order valence-electron chi connectivity index (χ0n) is 21.1. The number of methoxy groups -OCH3 is 1. The first-order valence-corrected chi connectivity index (χ1v) is 12.2. The lowest BCUT2D eigenvalue weighted by molar-refractivity contribution is -0.0748. The Balaban J connectivity index is 1.60. The molecule has 0 aliphatic heterocycles. The molecule has 0 saturated carbocycles. The Hall–Kier alpha value is -4.70. The van der Waals surface area contributed by atoms with Gasteiger partial charge in [0.15, 0.2) is 5.65 Å². The minimum atomic E-state index is -2.01. The van der Waals surface area contributed by atoms with Crippen LogP contribution in [0.1, 0.15) is 30.8 Å². The molecule has 8 nitrogen and oxygen atoms in total. The second-order valence-corrected chi connectivity index (χ2v) is 9.32. The van der Waals surface area contributed by atoms with Gasteiger partial charge in [0.05, 0.1) is 16.3 Å². The number of allylic oxidation sites excluding steroid dienone is 2. The zero-order valence-corrected chi connectivity index (χ0v) is 21.1. The van der Waals surface area contributed by atoms with Crippen LogP contribution in [0.3, 0.4) is 0 Å². The quantitative estimate of drug-likeness (QED) is 0.318. The smallest absolute Gasteiger partial charge is 0.232 e. The van der Waals surface area contributed by atoms with E-state index < -0.39 is 17.7 Å². The summed E-state index contributed by atoms with van der Waals surface area (Å²) in [6.45, 7) is 1.79. The molecule has 196 valence electrons. The second-order valence-electron chi connectivity index (χ2n) is 9.32. The van der Waals surface area contributed by atoms with Crippen LogP contribution in [0.5, 0.6) is 0 Å². The molecule has 0 fully saturated rings. The Labute approximate surface area is 221 Å². The van der Waals surface area contributed by atoms with E-state index in [0.717, 1.165) is 0 Å². The summed E-state index contributed by atoms with van der Waals surface area (Å²) in [6, 6.07) is 11.9. The van der Waals surface area contributed by atoms with Crippen LogP contribution >= 0.6 is 0 Å². The van der Waals surface area contributed by atoms with E-state index >= 15 is 4.39 Å². The maximum Gasteiger partial charge on any atom is 0.232 e. The summed E-state index contributed by atoms with van der Waals surface area (Å²) in [5.41, 5.74) is 8.18. The summed E-state index contributed by atoms with van der Waals surface area (Å²) >= 11 is 0. The molecule has 2 atom stereocenters. The summed E-state index contributed by atoms with van der Waals surface area (Å²) in [4.78, 5) is 22.3. The molecule has 39 heavy (non-hydrogen) atoms. The van der Waals surface area contributed by atoms with Crippen LogP contribution in [0.2, 0.25) is 0 Å². The summed E-state index contributed by atoms with van der Waals surface area (Å²) in [5, 5.41) is 5.58. The maximum absolute atomic E-state index is 15.1. The highest BCUT2D eigenvalue weighted by molar-refractivity contribution is 5.96. The van der Waals surface area contributed by atoms with Crippen LogP contribution in [0.25, 0.3) is 38.7 Å². The lowest BCUT2D eigenvalue weighted by atomic mass is 9.96. The van der Waals surface area contributed by atoms with E-state index in [0.29, 0.717) is 38.8 Å². The highest BCUT2D eigenvalue weighted by Gasteiger charge is 2.33. The van der Waals surface area contributed by atoms with Gasteiger partial charge in [0.25, 0.3) is 0 Å². The molecular formula is C29H23F2N5O3. The van der Waals surface area contributed by atoms with E-state index in [4.69, 9.17) is 20.0 Å². The molecule has 0 amide bonds. The first kappa shape index (κ1) is 24.6. The fourth-order valence-corrected chi connectivity index (χ4v) is 4.96. The molecule has 0 radical (unpaired) electrons. The van der Waals surface area contributed by atoms with Crippen LogP contribution in [-0.4, -0.2) is 32.7 Å². The third-order valence-electron chi connectivity index (χ3n) is 6.92. The number of nitrogens with two attached hydrogens (primary N) is 1. The fourth-order valence-electron chi connectivity index (χ4n) is 4.96. The van der Waals surface area contributed by atoms with Gasteiger partial charge >= 0.3 is 0 Å². The Morgan fingerprint density at radius 3 is 2.79 bits per heavy atom. The van der Waals surface area contributed by atoms with Crippen LogP contribution in [-0.2, 0) is 4.74 Å². The number of rotatable bonds is 5. The predicted octanol–water partition coefficient (Wildman–Crippen LogP) is 5.59. The molecule has 1 aliphatic carbocycles. The van der Waals surface area contributed by atoms with Crippen molar-refractivity contribution in [1.82, 2.24) is 19.7 Å². The van der Waals surface area contributed by atoms with Crippen LogP contribution < -0.4 is 11.2 Å². The average Bonchev–Trinajstić information content (AvgIpc) is 3.34. The van der Waals surface area contributed by atoms with Crippen molar-refractivity contribution in [3.05, 3.63) is 101 Å². The molecule has 6 rings (SSSR count). The Morgan fingerprint density at radius 1 is 1.18 bits per heavy atom. The third kappa shape index (κ3) is 4.09. The van der Waals surface area contributed by atoms with E-state index in [1.165, 1.54) is 37.7 Å². The number of halogens is 2. The van der Waals surface area contributed by atoms with Crippen molar-refractivity contribution >= 4 is 33.4 Å². The van der Waals surface area contributed by atoms with Gasteiger partial charge in [-0.25, -0.2) is 23.4 Å². The van der Waals surface area contributed by atoms with E-state index in [1.54, 1.807) is 54.1 Å². The van der Waals surface area contributed by atoms with E-state index in [-0.39, 0.29) is 29.0 Å². The van der Waals surface area contributed by atoms with Crippen molar-refractivity contribution in [2.75, 3.05) is 12.8 Å². The molecule has 2 N–H and O–H groups in total. The van der Waals surface area contributed by atoms with Crippen molar-refractivity contribution < 1.29 is 17.9 Å². The van der Waals surface area contributed by atoms with Crippen molar-refractivity contribution in [3.8, 4) is 11.1 Å². The molecule has 0 saturated heterocycles. The van der Waals surface area contributed by atoms with Gasteiger partial charge in [-0.05, 0) is 48.4 Å². The number of anilines is 1. The SMILES string of the molecule is COC1(F)C=CC=C(c2nn(C(C)c3oc4ccccc4c(=O)c3-c3cccc(F)c3)c3ncnc(N)c23)C1. The van der Waals surface area contributed by atoms with Gasteiger partial charge in [-0.15, -0.1) is 0 Å². The van der Waals surface area contributed by atoms with Gasteiger partial charge in [-0.2, -0.15) is 5.10 Å². The first-order valence-electron chi connectivity index (χ1n) is 12.2. The van der Waals surface area contributed by atoms with E-state index in [9.17, 15) is 9.18 Å². The van der Waals surface area contributed by atoms with Crippen molar-refractivity contribution in [2.24, 2.45) is 0 Å². The molecule has 2 unspecified atom stereocenters. The molecule has 1 aliphatic rings. The third-order valence-corrected chi connectivity index (χ3v) is 6.92. The molecule has 0 spiro atoms. The second kappa shape index (κ2) is 9.25. The highest BCUT2D eigenvalue weighted by atomic mass is 19.2. The van der Waals surface area contributed by atoms with Crippen molar-refractivity contribution in [2.45, 2.75) is 25.2 Å². The monoisotopic (exact) mass is 527 g/mol. The van der Waals surface area contributed by atoms with Crippen molar-refractivity contribution in [3.63, 3.8) is 0 Å². The number of ether oxygens (including phenoxy) is 1. The summed E-state index contributed by atoms with van der Waals surface area (Å²) < 4.78 is 42.3. The Morgan fingerprint density at radius 2 is 2.00 bits per heavy atom. The van der Waals surface area contributed by atoms with E-state index in [1.807, 2.05) is 0 Å². The minimum Gasteiger partial charge on any atom is -0.458 e. The van der Waals surface area contributed by atoms with Gasteiger partial charge in [0, 0.05) is 13.5 Å². The Bertz CT molecular complexity index is 1880. The summed E-state index contributed by atoms with van der Waals surface area (Å²) in [5.74, 6) is -2.08. The largest absolute Gasteiger partial charge is 0.458 e.